The summed E-state index contributed by atoms with van der Waals surface area (Å²) >= 11 is 0. The second-order valence-corrected chi connectivity index (χ2v) is 8.28. The van der Waals surface area contributed by atoms with Crippen LogP contribution in [-0.4, -0.2) is 56.6 Å². The highest BCUT2D eigenvalue weighted by Gasteiger charge is 2.25. The summed E-state index contributed by atoms with van der Waals surface area (Å²) in [4.78, 5) is 18.7. The fourth-order valence-corrected chi connectivity index (χ4v) is 4.34. The molecule has 1 unspecified atom stereocenters. The number of benzene rings is 1. The predicted octanol–water partition coefficient (Wildman–Crippen LogP) is 3.42. The van der Waals surface area contributed by atoms with Crippen molar-refractivity contribution in [3.8, 4) is 0 Å². The number of nitrogens with one attached hydrogen (secondary N) is 2. The third-order valence-electron chi connectivity index (χ3n) is 5.94. The summed E-state index contributed by atoms with van der Waals surface area (Å²) < 4.78 is 5.91. The van der Waals surface area contributed by atoms with E-state index in [2.05, 4.69) is 32.7 Å². The molecule has 1 saturated carbocycles. The van der Waals surface area contributed by atoms with Gasteiger partial charge in [0, 0.05) is 45.6 Å². The molecule has 1 aromatic rings. The minimum absolute atomic E-state index is 0. The lowest BCUT2D eigenvalue weighted by molar-refractivity contribution is -0.121. The highest BCUT2D eigenvalue weighted by Crippen LogP contribution is 2.27. The zero-order valence-corrected chi connectivity index (χ0v) is 20.5. The summed E-state index contributed by atoms with van der Waals surface area (Å²) in [6.07, 6.45) is 6.79. The Morgan fingerprint density at radius 3 is 2.57 bits per heavy atom. The van der Waals surface area contributed by atoms with Crippen molar-refractivity contribution in [1.29, 1.82) is 0 Å². The molecule has 1 aliphatic heterocycles. The molecule has 3 rings (SSSR count). The van der Waals surface area contributed by atoms with Gasteiger partial charge in [0.25, 0.3) is 0 Å². The van der Waals surface area contributed by atoms with Crippen LogP contribution in [-0.2, 0) is 16.1 Å². The lowest BCUT2D eigenvalue weighted by Gasteiger charge is -2.22. The van der Waals surface area contributed by atoms with Crippen LogP contribution in [0.4, 0.5) is 0 Å². The van der Waals surface area contributed by atoms with Gasteiger partial charge < -0.3 is 20.3 Å². The maximum absolute atomic E-state index is 12.0. The second kappa shape index (κ2) is 13.9. The van der Waals surface area contributed by atoms with Crippen LogP contribution in [0.3, 0.4) is 0 Å². The normalized spacial score (nSPS) is 19.6. The maximum Gasteiger partial charge on any atom is 0.220 e. The van der Waals surface area contributed by atoms with Crippen molar-refractivity contribution in [3.05, 3.63) is 35.9 Å². The summed E-state index contributed by atoms with van der Waals surface area (Å²) in [5.41, 5.74) is 1.22. The van der Waals surface area contributed by atoms with Gasteiger partial charge in [0.1, 0.15) is 0 Å². The van der Waals surface area contributed by atoms with Crippen LogP contribution in [0, 0.1) is 11.8 Å². The molecule has 7 heteroatoms. The first-order valence-electron chi connectivity index (χ1n) is 11.1. The Bertz CT molecular complexity index is 650. The monoisotopic (exact) mass is 528 g/mol. The van der Waals surface area contributed by atoms with E-state index in [1.807, 2.05) is 25.2 Å². The molecule has 2 N–H and O–H groups in total. The standard InChI is InChI=1S/C23H36N4O2.HI/c1-24-23(26-13-12-25-22(28)15-19-7-5-6-8-19)27-14-11-21(16-27)18-29-17-20-9-3-2-4-10-20;/h2-4,9-10,19,21H,5-8,11-18H2,1H3,(H,24,26)(H,25,28);1H. The van der Waals surface area contributed by atoms with Crippen molar-refractivity contribution in [3.63, 3.8) is 0 Å². The Labute approximate surface area is 198 Å². The molecule has 0 aromatic heterocycles. The first-order chi connectivity index (χ1) is 14.2. The highest BCUT2D eigenvalue weighted by atomic mass is 127. The number of rotatable bonds is 9. The van der Waals surface area contributed by atoms with Gasteiger partial charge in [0.15, 0.2) is 5.96 Å². The lowest BCUT2D eigenvalue weighted by Crippen LogP contribution is -2.43. The number of hydrogen-bond acceptors (Lipinski definition) is 3. The molecule has 1 atom stereocenters. The van der Waals surface area contributed by atoms with Crippen LogP contribution < -0.4 is 10.6 Å². The predicted molar refractivity (Wildman–Crippen MR) is 132 cm³/mol. The topological polar surface area (TPSA) is 66.0 Å². The second-order valence-electron chi connectivity index (χ2n) is 8.28. The van der Waals surface area contributed by atoms with E-state index in [-0.39, 0.29) is 29.9 Å². The quantitative estimate of drug-likeness (QED) is 0.223. The van der Waals surface area contributed by atoms with Gasteiger partial charge in [-0.25, -0.2) is 0 Å². The summed E-state index contributed by atoms with van der Waals surface area (Å²) in [5, 5.41) is 6.42. The van der Waals surface area contributed by atoms with E-state index < -0.39 is 0 Å². The maximum atomic E-state index is 12.0. The summed E-state index contributed by atoms with van der Waals surface area (Å²) in [7, 11) is 1.82. The molecular weight excluding hydrogens is 491 g/mol. The van der Waals surface area contributed by atoms with Gasteiger partial charge in [-0.2, -0.15) is 0 Å². The Balaban J connectivity index is 0.00000320. The number of ether oxygens (including phenoxy) is 1. The average molecular weight is 528 g/mol. The first kappa shape index (κ1) is 24.9. The van der Waals surface area contributed by atoms with E-state index in [4.69, 9.17) is 4.74 Å². The van der Waals surface area contributed by atoms with E-state index in [9.17, 15) is 4.79 Å². The van der Waals surface area contributed by atoms with E-state index in [1.54, 1.807) is 0 Å². The summed E-state index contributed by atoms with van der Waals surface area (Å²) in [6.45, 7) is 4.75. The largest absolute Gasteiger partial charge is 0.376 e. The molecule has 1 aliphatic carbocycles. The number of amides is 1. The van der Waals surface area contributed by atoms with Gasteiger partial charge in [-0.3, -0.25) is 9.79 Å². The first-order valence-corrected chi connectivity index (χ1v) is 11.1. The highest BCUT2D eigenvalue weighted by molar-refractivity contribution is 14.0. The van der Waals surface area contributed by atoms with Crippen LogP contribution in [0.2, 0.25) is 0 Å². The van der Waals surface area contributed by atoms with Crippen LogP contribution in [0.1, 0.15) is 44.1 Å². The van der Waals surface area contributed by atoms with Gasteiger partial charge in [0.2, 0.25) is 5.91 Å². The Morgan fingerprint density at radius 1 is 1.10 bits per heavy atom. The van der Waals surface area contributed by atoms with Gasteiger partial charge in [-0.1, -0.05) is 43.2 Å². The van der Waals surface area contributed by atoms with E-state index in [1.165, 1.54) is 31.2 Å². The molecule has 1 aromatic carbocycles. The number of carbonyl (C=O) groups is 1. The summed E-state index contributed by atoms with van der Waals surface area (Å²) in [6, 6.07) is 10.3. The molecular formula is C23H37IN4O2. The minimum atomic E-state index is 0. The molecule has 1 amide bonds. The van der Waals surface area contributed by atoms with E-state index >= 15 is 0 Å². The number of likely N-dealkylation sites (tertiary alicyclic amines) is 1. The van der Waals surface area contributed by atoms with E-state index in [0.717, 1.165) is 32.1 Å². The molecule has 0 spiro atoms. The number of nitrogens with zero attached hydrogens (tertiary/aromatic N) is 2. The number of aliphatic imine (C=N–C) groups is 1. The molecule has 168 valence electrons. The number of hydrogen-bond donors (Lipinski definition) is 2. The molecule has 1 saturated heterocycles. The average Bonchev–Trinajstić information content (AvgIpc) is 3.41. The molecule has 0 bridgehead atoms. The number of halogens is 1. The van der Waals surface area contributed by atoms with Crippen LogP contribution >= 0.6 is 24.0 Å². The van der Waals surface area contributed by atoms with Crippen LogP contribution in [0.15, 0.2) is 35.3 Å². The van der Waals surface area contributed by atoms with Gasteiger partial charge in [-0.05, 0) is 30.7 Å². The minimum Gasteiger partial charge on any atom is -0.376 e. The SMILES string of the molecule is CN=C(NCCNC(=O)CC1CCCC1)N1CCC(COCc2ccccc2)C1.I. The molecule has 2 aliphatic rings. The summed E-state index contributed by atoms with van der Waals surface area (Å²) in [5.74, 6) is 2.23. The molecule has 1 heterocycles. The van der Waals surface area contributed by atoms with Crippen molar-refractivity contribution in [2.75, 3.05) is 39.8 Å². The van der Waals surface area contributed by atoms with Crippen molar-refractivity contribution < 1.29 is 9.53 Å². The molecule has 6 nitrogen and oxygen atoms in total. The zero-order chi connectivity index (χ0) is 20.3. The number of carbonyl (C=O) groups excluding carboxylic acids is 1. The Morgan fingerprint density at radius 2 is 1.83 bits per heavy atom. The third-order valence-corrected chi connectivity index (χ3v) is 5.94. The fraction of sp³-hybridized carbons (Fsp3) is 0.652. The van der Waals surface area contributed by atoms with Crippen LogP contribution in [0.25, 0.3) is 0 Å². The molecule has 2 fully saturated rings. The van der Waals surface area contributed by atoms with Gasteiger partial charge in [0.05, 0.1) is 13.2 Å². The zero-order valence-electron chi connectivity index (χ0n) is 18.1. The van der Waals surface area contributed by atoms with Crippen molar-refractivity contribution in [2.24, 2.45) is 16.8 Å². The van der Waals surface area contributed by atoms with Crippen LogP contribution in [0.5, 0.6) is 0 Å². The lowest BCUT2D eigenvalue weighted by atomic mass is 10.0. The third kappa shape index (κ3) is 8.41. The van der Waals surface area contributed by atoms with Crippen molar-refractivity contribution in [1.82, 2.24) is 15.5 Å². The Hall–Kier alpha value is -1.35. The van der Waals surface area contributed by atoms with E-state index in [0.29, 0.717) is 38.0 Å². The fourth-order valence-electron chi connectivity index (χ4n) is 4.34. The Kier molecular flexibility index (Phi) is 11.5. The number of guanidine groups is 1. The van der Waals surface area contributed by atoms with Gasteiger partial charge >= 0.3 is 0 Å². The van der Waals surface area contributed by atoms with Crippen molar-refractivity contribution in [2.45, 2.75) is 45.1 Å². The van der Waals surface area contributed by atoms with Crippen molar-refractivity contribution >= 4 is 35.8 Å². The molecule has 30 heavy (non-hydrogen) atoms. The molecule has 0 radical (unpaired) electrons. The smallest absolute Gasteiger partial charge is 0.220 e. The van der Waals surface area contributed by atoms with Gasteiger partial charge in [-0.15, -0.1) is 24.0 Å².